The molecule has 0 atom stereocenters. The van der Waals surface area contributed by atoms with E-state index < -0.39 is 0 Å². The van der Waals surface area contributed by atoms with Crippen molar-refractivity contribution < 1.29 is 4.74 Å². The van der Waals surface area contributed by atoms with Gasteiger partial charge in [0.25, 0.3) is 0 Å². The number of rotatable bonds is 26. The Morgan fingerprint density at radius 3 is 1.41 bits per heavy atom. The maximum Gasteiger partial charge on any atom is 0.130 e. The first-order valence-electron chi connectivity index (χ1n) is 17.0. The first kappa shape index (κ1) is 33.4. The topological polar surface area (TPSA) is 9.23 Å². The van der Waals surface area contributed by atoms with Crippen LogP contribution in [0.4, 0.5) is 0 Å². The molecule has 0 amide bonds. The second-order valence-corrected chi connectivity index (χ2v) is 11.7. The summed E-state index contributed by atoms with van der Waals surface area (Å²) >= 11 is 0. The number of ether oxygens (including phenoxy) is 1. The fourth-order valence-corrected chi connectivity index (χ4v) is 5.65. The predicted molar refractivity (Wildman–Crippen MR) is 171 cm³/mol. The van der Waals surface area contributed by atoms with Crippen molar-refractivity contribution >= 4 is 0 Å². The Kier molecular flexibility index (Phi) is 20.6. The Hall–Kier alpha value is -1.76. The molecule has 0 spiro atoms. The summed E-state index contributed by atoms with van der Waals surface area (Å²) in [4.78, 5) is 0. The molecule has 0 unspecified atom stereocenters. The SMILES string of the molecule is CCCCCCCCCCCCCc1[c]ccc(Oc2cc[c]cc2)c1CCCCCCCCCCCCC. The second kappa shape index (κ2) is 24.1. The highest BCUT2D eigenvalue weighted by atomic mass is 16.5. The van der Waals surface area contributed by atoms with Crippen LogP contribution in [0, 0.1) is 12.1 Å². The molecule has 0 N–H and O–H groups in total. The quantitative estimate of drug-likeness (QED) is 0.109. The number of hydrogen-bond donors (Lipinski definition) is 0. The third-order valence-electron chi connectivity index (χ3n) is 8.13. The monoisotopic (exact) mass is 532 g/mol. The van der Waals surface area contributed by atoms with Crippen LogP contribution in [0.25, 0.3) is 0 Å². The van der Waals surface area contributed by atoms with Gasteiger partial charge in [0, 0.05) is 0 Å². The molecule has 0 aromatic heterocycles. The van der Waals surface area contributed by atoms with Crippen molar-refractivity contribution in [3.63, 3.8) is 0 Å². The molecule has 2 rings (SSSR count). The van der Waals surface area contributed by atoms with Crippen molar-refractivity contribution in [3.05, 3.63) is 59.7 Å². The summed E-state index contributed by atoms with van der Waals surface area (Å²) < 4.78 is 6.37. The lowest BCUT2D eigenvalue weighted by atomic mass is 9.95. The Bertz CT molecular complexity index is 796. The fourth-order valence-electron chi connectivity index (χ4n) is 5.65. The summed E-state index contributed by atoms with van der Waals surface area (Å²) in [5.74, 6) is 1.94. The van der Waals surface area contributed by atoms with Crippen molar-refractivity contribution in [2.45, 2.75) is 168 Å². The molecule has 2 radical (unpaired) electrons. The van der Waals surface area contributed by atoms with Crippen LogP contribution < -0.4 is 4.74 Å². The summed E-state index contributed by atoms with van der Waals surface area (Å²) in [6, 6.07) is 18.8. The molecule has 39 heavy (non-hydrogen) atoms. The van der Waals surface area contributed by atoms with Crippen LogP contribution in [0.15, 0.2) is 36.4 Å². The summed E-state index contributed by atoms with van der Waals surface area (Å²) in [6.07, 6.45) is 32.7. The van der Waals surface area contributed by atoms with Crippen molar-refractivity contribution in [1.29, 1.82) is 0 Å². The van der Waals surface area contributed by atoms with Crippen LogP contribution in [0.1, 0.15) is 166 Å². The van der Waals surface area contributed by atoms with Gasteiger partial charge >= 0.3 is 0 Å². The highest BCUT2D eigenvalue weighted by molar-refractivity contribution is 5.42. The maximum absolute atomic E-state index is 6.37. The van der Waals surface area contributed by atoms with E-state index in [1.54, 1.807) is 0 Å². The van der Waals surface area contributed by atoms with Gasteiger partial charge in [-0.15, -0.1) is 0 Å². The van der Waals surface area contributed by atoms with Gasteiger partial charge in [-0.2, -0.15) is 0 Å². The maximum atomic E-state index is 6.37. The van der Waals surface area contributed by atoms with E-state index in [0.717, 1.165) is 24.3 Å². The molecule has 0 saturated heterocycles. The van der Waals surface area contributed by atoms with Crippen LogP contribution >= 0.6 is 0 Å². The number of aryl methyl sites for hydroxylation is 1. The van der Waals surface area contributed by atoms with Crippen molar-refractivity contribution in [3.8, 4) is 11.5 Å². The van der Waals surface area contributed by atoms with Gasteiger partial charge in [-0.1, -0.05) is 160 Å². The normalized spacial score (nSPS) is 11.2. The van der Waals surface area contributed by atoms with E-state index in [2.05, 4.69) is 38.1 Å². The minimum Gasteiger partial charge on any atom is -0.457 e. The molecule has 218 valence electrons. The molecule has 0 saturated carbocycles. The molecule has 0 aliphatic carbocycles. The Morgan fingerprint density at radius 1 is 0.487 bits per heavy atom. The van der Waals surface area contributed by atoms with Crippen molar-refractivity contribution in [1.82, 2.24) is 0 Å². The predicted octanol–water partition coefficient (Wildman–Crippen LogP) is 12.8. The molecule has 0 aliphatic heterocycles. The molecule has 1 heteroatoms. The average molecular weight is 533 g/mol. The van der Waals surface area contributed by atoms with Crippen molar-refractivity contribution in [2.24, 2.45) is 0 Å². The molecule has 0 heterocycles. The zero-order valence-electron chi connectivity index (χ0n) is 25.8. The molecular weight excluding hydrogens is 472 g/mol. The third kappa shape index (κ3) is 16.8. The van der Waals surface area contributed by atoms with Gasteiger partial charge in [0.15, 0.2) is 0 Å². The summed E-state index contributed by atoms with van der Waals surface area (Å²) in [6.45, 7) is 4.59. The minimum absolute atomic E-state index is 0.904. The lowest BCUT2D eigenvalue weighted by molar-refractivity contribution is 0.472. The standard InChI is InChI=1S/C38H60O/c1-3-5-7-9-11-13-15-17-19-21-24-29-35-30-28-34-38(39-36-31-25-23-26-32-36)37(35)33-27-22-20-18-16-14-12-10-8-6-4-2/h25-26,28,31-32,34H,3-22,24,27,29,33H2,1-2H3. The molecule has 0 aliphatic rings. The van der Waals surface area contributed by atoms with Gasteiger partial charge in [-0.05, 0) is 67.1 Å². The Balaban J connectivity index is 1.73. The largest absolute Gasteiger partial charge is 0.457 e. The second-order valence-electron chi connectivity index (χ2n) is 11.7. The summed E-state index contributed by atoms with van der Waals surface area (Å²) in [5, 5.41) is 0. The molecule has 1 nitrogen and oxygen atoms in total. The molecule has 2 aromatic rings. The van der Waals surface area contributed by atoms with E-state index >= 15 is 0 Å². The highest BCUT2D eigenvalue weighted by Crippen LogP contribution is 2.30. The minimum atomic E-state index is 0.904. The van der Waals surface area contributed by atoms with Crippen LogP contribution in [0.5, 0.6) is 11.5 Å². The zero-order valence-corrected chi connectivity index (χ0v) is 25.8. The summed E-state index contributed by atoms with van der Waals surface area (Å²) in [7, 11) is 0. The molecular formula is C38H60O. The fraction of sp³-hybridized carbons (Fsp3) is 0.684. The highest BCUT2D eigenvalue weighted by Gasteiger charge is 2.11. The number of hydrogen-bond acceptors (Lipinski definition) is 1. The Morgan fingerprint density at radius 2 is 0.923 bits per heavy atom. The summed E-state index contributed by atoms with van der Waals surface area (Å²) in [5.41, 5.74) is 2.78. The van der Waals surface area contributed by atoms with Crippen LogP contribution in [-0.4, -0.2) is 0 Å². The van der Waals surface area contributed by atoms with Gasteiger partial charge in [0.2, 0.25) is 0 Å². The first-order valence-corrected chi connectivity index (χ1v) is 17.0. The number of benzene rings is 2. The van der Waals surface area contributed by atoms with Gasteiger partial charge in [0.1, 0.15) is 11.5 Å². The van der Waals surface area contributed by atoms with E-state index in [0.29, 0.717) is 0 Å². The number of unbranched alkanes of at least 4 members (excludes halogenated alkanes) is 20. The van der Waals surface area contributed by atoms with E-state index in [1.807, 2.05) is 24.3 Å². The van der Waals surface area contributed by atoms with Gasteiger partial charge < -0.3 is 4.74 Å². The third-order valence-corrected chi connectivity index (χ3v) is 8.13. The van der Waals surface area contributed by atoms with Gasteiger partial charge in [-0.3, -0.25) is 0 Å². The molecule has 2 aromatic carbocycles. The zero-order chi connectivity index (χ0) is 27.6. The smallest absolute Gasteiger partial charge is 0.130 e. The van der Waals surface area contributed by atoms with Crippen molar-refractivity contribution in [2.75, 3.05) is 0 Å². The van der Waals surface area contributed by atoms with Crippen LogP contribution in [0.3, 0.4) is 0 Å². The van der Waals surface area contributed by atoms with Crippen LogP contribution in [0.2, 0.25) is 0 Å². The van der Waals surface area contributed by atoms with Crippen LogP contribution in [-0.2, 0) is 12.8 Å². The van der Waals surface area contributed by atoms with Gasteiger partial charge in [0.05, 0.1) is 0 Å². The van der Waals surface area contributed by atoms with E-state index in [1.165, 1.54) is 152 Å². The Labute approximate surface area is 243 Å². The van der Waals surface area contributed by atoms with E-state index in [4.69, 9.17) is 4.74 Å². The molecule has 0 fully saturated rings. The van der Waals surface area contributed by atoms with E-state index in [9.17, 15) is 0 Å². The first-order chi connectivity index (χ1) is 19.3. The lowest BCUT2D eigenvalue weighted by Gasteiger charge is -2.16. The van der Waals surface area contributed by atoms with E-state index in [-0.39, 0.29) is 0 Å². The average Bonchev–Trinajstić information content (AvgIpc) is 2.96. The lowest BCUT2D eigenvalue weighted by Crippen LogP contribution is -2.00. The molecule has 0 bridgehead atoms. The van der Waals surface area contributed by atoms with Gasteiger partial charge in [-0.25, -0.2) is 0 Å².